The van der Waals surface area contributed by atoms with E-state index in [0.717, 1.165) is 18.4 Å². The lowest BCUT2D eigenvalue weighted by molar-refractivity contribution is -0.384. The minimum absolute atomic E-state index is 0.0872. The molecule has 1 aromatic rings. The van der Waals surface area contributed by atoms with Crippen molar-refractivity contribution < 1.29 is 9.72 Å². The summed E-state index contributed by atoms with van der Waals surface area (Å²) in [5, 5.41) is 10.8. The second-order valence-electron chi connectivity index (χ2n) is 6.96. The highest BCUT2D eigenvalue weighted by Gasteiger charge is 2.74. The van der Waals surface area contributed by atoms with E-state index < -0.39 is 4.92 Å². The summed E-state index contributed by atoms with van der Waals surface area (Å²) in [7, 11) is 0. The third-order valence-corrected chi connectivity index (χ3v) is 7.51. The molecule has 0 saturated heterocycles. The molecule has 5 heteroatoms. The number of non-ortho nitro benzene ring substituents is 1. The number of carbonyl (C=O) groups is 1. The van der Waals surface area contributed by atoms with E-state index in [9.17, 15) is 14.9 Å². The molecule has 21 heavy (non-hydrogen) atoms. The molecule has 3 atom stereocenters. The predicted octanol–water partition coefficient (Wildman–Crippen LogP) is 4.01. The van der Waals surface area contributed by atoms with Crippen molar-refractivity contribution in [2.75, 3.05) is 0 Å². The molecule has 0 radical (unpaired) electrons. The Morgan fingerprint density at radius 3 is 2.19 bits per heavy atom. The maximum atomic E-state index is 12.7. The van der Waals surface area contributed by atoms with E-state index in [1.54, 1.807) is 12.1 Å². The van der Waals surface area contributed by atoms with E-state index in [1.807, 2.05) is 12.1 Å². The Balaban J connectivity index is 2.16. The van der Waals surface area contributed by atoms with Crippen LogP contribution in [-0.4, -0.2) is 15.5 Å². The molecule has 2 aliphatic carbocycles. The summed E-state index contributed by atoms with van der Waals surface area (Å²) in [6.45, 7) is 6.37. The first-order valence-corrected chi connectivity index (χ1v) is 8.03. The van der Waals surface area contributed by atoms with Gasteiger partial charge < -0.3 is 0 Å². The molecule has 0 aliphatic heterocycles. The van der Waals surface area contributed by atoms with Gasteiger partial charge >= 0.3 is 0 Å². The number of nitro groups is 1. The first-order valence-electron chi connectivity index (χ1n) is 7.12. The SMILES string of the molecule is CC1(C)[C@@]2(C)CC[C@]1(c1ccc([N+](=O)[O-])cc1)[C@@H](Br)C2=O. The van der Waals surface area contributed by atoms with E-state index in [0.29, 0.717) is 0 Å². The van der Waals surface area contributed by atoms with Gasteiger partial charge in [-0.15, -0.1) is 0 Å². The lowest BCUT2D eigenvalue weighted by atomic mass is 9.62. The average Bonchev–Trinajstić information content (AvgIpc) is 2.71. The molecule has 3 rings (SSSR count). The molecule has 0 amide bonds. The van der Waals surface area contributed by atoms with Gasteiger partial charge in [-0.2, -0.15) is 0 Å². The van der Waals surface area contributed by atoms with Crippen LogP contribution in [0.5, 0.6) is 0 Å². The van der Waals surface area contributed by atoms with E-state index in [1.165, 1.54) is 0 Å². The predicted molar refractivity (Wildman–Crippen MR) is 83.6 cm³/mol. The average molecular weight is 352 g/mol. The summed E-state index contributed by atoms with van der Waals surface area (Å²) < 4.78 is 0. The van der Waals surface area contributed by atoms with Gasteiger partial charge in [-0.05, 0) is 23.8 Å². The van der Waals surface area contributed by atoms with Crippen molar-refractivity contribution in [3.63, 3.8) is 0 Å². The fourth-order valence-corrected chi connectivity index (χ4v) is 6.05. The van der Waals surface area contributed by atoms with Crippen LogP contribution in [0, 0.1) is 20.9 Å². The zero-order valence-corrected chi connectivity index (χ0v) is 13.9. The molecule has 2 aliphatic rings. The number of rotatable bonds is 2. The first-order chi connectivity index (χ1) is 9.68. The number of halogens is 1. The summed E-state index contributed by atoms with van der Waals surface area (Å²) in [6.07, 6.45) is 1.80. The first kappa shape index (κ1) is 14.7. The number of nitrogens with zero attached hydrogens (tertiary/aromatic N) is 1. The fraction of sp³-hybridized carbons (Fsp3) is 0.562. The topological polar surface area (TPSA) is 60.2 Å². The smallest absolute Gasteiger partial charge is 0.269 e. The van der Waals surface area contributed by atoms with Gasteiger partial charge in [0.25, 0.3) is 5.69 Å². The number of nitro benzene ring substituents is 1. The molecule has 0 N–H and O–H groups in total. The fourth-order valence-electron chi connectivity index (χ4n) is 4.47. The lowest BCUT2D eigenvalue weighted by Gasteiger charge is -2.41. The molecule has 0 spiro atoms. The van der Waals surface area contributed by atoms with E-state index >= 15 is 0 Å². The second-order valence-corrected chi connectivity index (χ2v) is 7.87. The monoisotopic (exact) mass is 351 g/mol. The summed E-state index contributed by atoms with van der Waals surface area (Å²) in [6, 6.07) is 6.72. The third kappa shape index (κ3) is 1.48. The van der Waals surface area contributed by atoms with Crippen LogP contribution in [0.15, 0.2) is 24.3 Å². The van der Waals surface area contributed by atoms with Crippen LogP contribution in [0.3, 0.4) is 0 Å². The van der Waals surface area contributed by atoms with Crippen molar-refractivity contribution in [1.29, 1.82) is 0 Å². The number of hydrogen-bond donors (Lipinski definition) is 0. The summed E-state index contributed by atoms with van der Waals surface area (Å²) in [5.74, 6) is 0.261. The molecule has 0 heterocycles. The molecule has 112 valence electrons. The van der Waals surface area contributed by atoms with Crippen molar-refractivity contribution in [1.82, 2.24) is 0 Å². The Morgan fingerprint density at radius 2 is 1.76 bits per heavy atom. The minimum Gasteiger partial charge on any atom is -0.298 e. The number of Topliss-reactive ketones (excluding diaryl/α,β-unsaturated/α-hetero) is 1. The normalized spacial score (nSPS) is 37.0. The van der Waals surface area contributed by atoms with Gasteiger partial charge in [-0.25, -0.2) is 0 Å². The number of hydrogen-bond acceptors (Lipinski definition) is 3. The Morgan fingerprint density at radius 1 is 1.19 bits per heavy atom. The van der Waals surface area contributed by atoms with Gasteiger partial charge in [-0.3, -0.25) is 14.9 Å². The summed E-state index contributed by atoms with van der Waals surface area (Å²) in [5.41, 5.74) is 0.317. The van der Waals surface area contributed by atoms with Crippen LogP contribution in [0.4, 0.5) is 5.69 Å². The van der Waals surface area contributed by atoms with Crippen molar-refractivity contribution >= 4 is 27.4 Å². The van der Waals surface area contributed by atoms with Crippen molar-refractivity contribution in [3.05, 3.63) is 39.9 Å². The highest BCUT2D eigenvalue weighted by Crippen LogP contribution is 2.72. The zero-order valence-electron chi connectivity index (χ0n) is 12.4. The van der Waals surface area contributed by atoms with E-state index in [-0.39, 0.29) is 32.5 Å². The molecular formula is C16H18BrNO3. The molecule has 0 unspecified atom stereocenters. The Bertz CT molecular complexity index is 639. The molecule has 4 nitrogen and oxygen atoms in total. The van der Waals surface area contributed by atoms with Crippen molar-refractivity contribution in [2.24, 2.45) is 10.8 Å². The molecule has 2 fully saturated rings. The zero-order chi connectivity index (χ0) is 15.6. The van der Waals surface area contributed by atoms with Gasteiger partial charge in [0.2, 0.25) is 0 Å². The Kier molecular flexibility index (Phi) is 2.91. The van der Waals surface area contributed by atoms with Gasteiger partial charge in [-0.1, -0.05) is 48.8 Å². The summed E-state index contributed by atoms with van der Waals surface area (Å²) in [4.78, 5) is 22.9. The van der Waals surface area contributed by atoms with Gasteiger partial charge in [0.05, 0.1) is 9.75 Å². The Labute approximate surface area is 132 Å². The van der Waals surface area contributed by atoms with E-state index in [2.05, 4.69) is 36.7 Å². The summed E-state index contributed by atoms with van der Waals surface area (Å²) >= 11 is 3.63. The molecule has 2 saturated carbocycles. The lowest BCUT2D eigenvalue weighted by Crippen LogP contribution is -2.41. The van der Waals surface area contributed by atoms with E-state index in [4.69, 9.17) is 0 Å². The van der Waals surface area contributed by atoms with Crippen molar-refractivity contribution in [2.45, 2.75) is 43.9 Å². The second kappa shape index (κ2) is 4.15. The standard InChI is InChI=1S/C16H18BrNO3/c1-14(2)15(3)8-9-16(14,12(17)13(15)19)10-4-6-11(7-5-10)18(20)21/h4-7,12H,8-9H2,1-3H3/t12-,15-,16-/m0/s1. The quantitative estimate of drug-likeness (QED) is 0.459. The highest BCUT2D eigenvalue weighted by atomic mass is 79.9. The molecule has 1 aromatic carbocycles. The minimum atomic E-state index is -0.392. The van der Waals surface area contributed by atoms with Crippen LogP contribution in [0.25, 0.3) is 0 Å². The maximum absolute atomic E-state index is 12.7. The number of fused-ring (bicyclic) bond motifs is 2. The van der Waals surface area contributed by atoms with Gasteiger partial charge in [0.15, 0.2) is 5.78 Å². The Hall–Kier alpha value is -1.23. The maximum Gasteiger partial charge on any atom is 0.269 e. The largest absolute Gasteiger partial charge is 0.298 e. The number of ketones is 1. The molecule has 0 aromatic heterocycles. The van der Waals surface area contributed by atoms with Crippen molar-refractivity contribution in [3.8, 4) is 0 Å². The molecule has 2 bridgehead atoms. The third-order valence-electron chi connectivity index (χ3n) is 6.31. The van der Waals surface area contributed by atoms with Crippen LogP contribution < -0.4 is 0 Å². The number of benzene rings is 1. The van der Waals surface area contributed by atoms with Gasteiger partial charge in [0, 0.05) is 23.0 Å². The van der Waals surface area contributed by atoms with Crippen LogP contribution in [0.1, 0.15) is 39.2 Å². The van der Waals surface area contributed by atoms with Crippen LogP contribution >= 0.6 is 15.9 Å². The highest BCUT2D eigenvalue weighted by molar-refractivity contribution is 9.10. The molecular weight excluding hydrogens is 334 g/mol. The van der Waals surface area contributed by atoms with Crippen LogP contribution in [0.2, 0.25) is 0 Å². The van der Waals surface area contributed by atoms with Gasteiger partial charge in [0.1, 0.15) is 0 Å². The number of alkyl halides is 1. The number of carbonyl (C=O) groups excluding carboxylic acids is 1. The van der Waals surface area contributed by atoms with Crippen LogP contribution in [-0.2, 0) is 10.2 Å².